The molecular formula is C15H14N2O5. The molecule has 2 aromatic rings. The lowest BCUT2D eigenvalue weighted by Gasteiger charge is -2.18. The van der Waals surface area contributed by atoms with Crippen molar-refractivity contribution in [3.8, 4) is 6.07 Å². The first-order valence-corrected chi connectivity index (χ1v) is 6.74. The quantitative estimate of drug-likeness (QED) is 0.688. The van der Waals surface area contributed by atoms with Crippen molar-refractivity contribution in [1.29, 1.82) is 5.26 Å². The molecule has 0 radical (unpaired) electrons. The van der Waals surface area contributed by atoms with Crippen molar-refractivity contribution < 1.29 is 20.1 Å². The number of aromatic nitrogens is 1. The molecule has 7 heteroatoms. The van der Waals surface area contributed by atoms with E-state index in [4.69, 9.17) is 15.1 Å². The first kappa shape index (κ1) is 14.7. The number of nitrogens with zero attached hydrogens (tertiary/aromatic N) is 2. The van der Waals surface area contributed by atoms with Crippen molar-refractivity contribution in [3.05, 3.63) is 46.4 Å². The number of hydrogen-bond donors (Lipinski definition) is 3. The molecule has 114 valence electrons. The highest BCUT2D eigenvalue weighted by Crippen LogP contribution is 2.28. The molecule has 1 aromatic carbocycles. The van der Waals surface area contributed by atoms with Crippen molar-refractivity contribution in [1.82, 2.24) is 4.57 Å². The molecule has 4 atom stereocenters. The van der Waals surface area contributed by atoms with Crippen LogP contribution in [0.2, 0.25) is 0 Å². The smallest absolute Gasteiger partial charge is 0.260 e. The van der Waals surface area contributed by atoms with Crippen molar-refractivity contribution in [2.24, 2.45) is 0 Å². The molecule has 0 saturated carbocycles. The van der Waals surface area contributed by atoms with Gasteiger partial charge in [0.1, 0.15) is 18.3 Å². The summed E-state index contributed by atoms with van der Waals surface area (Å²) < 4.78 is 6.52. The van der Waals surface area contributed by atoms with Crippen LogP contribution < -0.4 is 5.56 Å². The second kappa shape index (κ2) is 5.51. The molecule has 0 amide bonds. The average Bonchev–Trinajstić information content (AvgIpc) is 2.83. The maximum absolute atomic E-state index is 12.5. The van der Waals surface area contributed by atoms with Crippen molar-refractivity contribution in [2.45, 2.75) is 24.5 Å². The van der Waals surface area contributed by atoms with Crippen LogP contribution in [0.15, 0.2) is 35.3 Å². The predicted octanol–water partition coefficient (Wildman–Crippen LogP) is -0.515. The second-order valence-corrected chi connectivity index (χ2v) is 5.17. The SMILES string of the molecule is N#Cc1ccc2ccn([C@@H]3O[C@H](CO)[C@@H](O)[C@@H]3O)c(=O)c2c1. The minimum absolute atomic E-state index is 0.319. The van der Waals surface area contributed by atoms with E-state index in [1.54, 1.807) is 18.2 Å². The van der Waals surface area contributed by atoms with E-state index >= 15 is 0 Å². The lowest BCUT2D eigenvalue weighted by molar-refractivity contribution is -0.0541. The average molecular weight is 302 g/mol. The number of pyridine rings is 1. The molecule has 3 N–H and O–H groups in total. The molecule has 7 nitrogen and oxygen atoms in total. The molecule has 0 bridgehead atoms. The molecule has 1 aliphatic heterocycles. The molecular weight excluding hydrogens is 288 g/mol. The third-order valence-electron chi connectivity index (χ3n) is 3.85. The summed E-state index contributed by atoms with van der Waals surface area (Å²) in [6, 6.07) is 8.37. The van der Waals surface area contributed by atoms with Crippen LogP contribution in [0.5, 0.6) is 0 Å². The number of aliphatic hydroxyl groups is 3. The van der Waals surface area contributed by atoms with Gasteiger partial charge in [-0.15, -0.1) is 0 Å². The zero-order chi connectivity index (χ0) is 15.9. The molecule has 2 heterocycles. The van der Waals surface area contributed by atoms with Gasteiger partial charge in [-0.3, -0.25) is 9.36 Å². The van der Waals surface area contributed by atoms with E-state index in [0.717, 1.165) is 4.57 Å². The minimum Gasteiger partial charge on any atom is -0.394 e. The van der Waals surface area contributed by atoms with Crippen LogP contribution in [-0.2, 0) is 4.74 Å². The number of nitriles is 1. The van der Waals surface area contributed by atoms with Gasteiger partial charge in [0.15, 0.2) is 6.23 Å². The predicted molar refractivity (Wildman–Crippen MR) is 75.9 cm³/mol. The van der Waals surface area contributed by atoms with Crippen molar-refractivity contribution in [2.75, 3.05) is 6.61 Å². The van der Waals surface area contributed by atoms with E-state index in [0.29, 0.717) is 16.3 Å². The van der Waals surface area contributed by atoms with Crippen LogP contribution >= 0.6 is 0 Å². The minimum atomic E-state index is -1.33. The number of aliphatic hydroxyl groups excluding tert-OH is 3. The van der Waals surface area contributed by atoms with Gasteiger partial charge >= 0.3 is 0 Å². The molecule has 0 spiro atoms. The standard InChI is InChI=1S/C15H14N2O5/c16-6-8-1-2-9-3-4-17(14(21)10(9)5-8)15-13(20)12(19)11(7-18)22-15/h1-5,11-13,15,18-20H,7H2/t11-,12-,13+,15-/m1/s1. The Morgan fingerprint density at radius 3 is 2.68 bits per heavy atom. The van der Waals surface area contributed by atoms with Crippen molar-refractivity contribution in [3.63, 3.8) is 0 Å². The summed E-state index contributed by atoms with van der Waals surface area (Å²) in [4.78, 5) is 12.5. The summed E-state index contributed by atoms with van der Waals surface area (Å²) in [5.41, 5.74) is -0.0899. The van der Waals surface area contributed by atoms with E-state index < -0.39 is 36.7 Å². The lowest BCUT2D eigenvalue weighted by atomic mass is 10.1. The number of rotatable bonds is 2. The van der Waals surface area contributed by atoms with E-state index in [1.165, 1.54) is 12.3 Å². The fourth-order valence-electron chi connectivity index (χ4n) is 2.63. The normalized spacial score (nSPS) is 27.9. The van der Waals surface area contributed by atoms with Gasteiger partial charge in [-0.25, -0.2) is 0 Å². The Labute approximate surface area is 125 Å². The van der Waals surface area contributed by atoms with Gasteiger partial charge in [0.25, 0.3) is 5.56 Å². The van der Waals surface area contributed by atoms with Gasteiger partial charge in [0, 0.05) is 11.6 Å². The third kappa shape index (κ3) is 2.19. The van der Waals surface area contributed by atoms with Crippen LogP contribution in [0.25, 0.3) is 10.8 Å². The highest BCUT2D eigenvalue weighted by Gasteiger charge is 2.43. The zero-order valence-corrected chi connectivity index (χ0v) is 11.5. The monoisotopic (exact) mass is 302 g/mol. The molecule has 1 fully saturated rings. The van der Waals surface area contributed by atoms with Gasteiger partial charge in [-0.05, 0) is 23.6 Å². The van der Waals surface area contributed by atoms with Gasteiger partial charge < -0.3 is 20.1 Å². The third-order valence-corrected chi connectivity index (χ3v) is 3.85. The molecule has 1 aliphatic rings. The Kier molecular flexibility index (Phi) is 3.68. The highest BCUT2D eigenvalue weighted by atomic mass is 16.6. The molecule has 0 aliphatic carbocycles. The summed E-state index contributed by atoms with van der Waals surface area (Å²) in [6.45, 7) is -0.463. The Balaban J connectivity index is 2.11. The summed E-state index contributed by atoms with van der Waals surface area (Å²) in [5.74, 6) is 0. The van der Waals surface area contributed by atoms with Gasteiger partial charge in [-0.1, -0.05) is 6.07 Å². The van der Waals surface area contributed by atoms with E-state index in [2.05, 4.69) is 0 Å². The zero-order valence-electron chi connectivity index (χ0n) is 11.5. The second-order valence-electron chi connectivity index (χ2n) is 5.17. The fourth-order valence-corrected chi connectivity index (χ4v) is 2.63. The highest BCUT2D eigenvalue weighted by molar-refractivity contribution is 5.82. The van der Waals surface area contributed by atoms with E-state index in [-0.39, 0.29) is 0 Å². The Bertz CT molecular complexity index is 810. The summed E-state index contributed by atoms with van der Waals surface area (Å²) in [5, 5.41) is 38.8. The first-order chi connectivity index (χ1) is 10.6. The first-order valence-electron chi connectivity index (χ1n) is 6.74. The molecule has 3 rings (SSSR count). The van der Waals surface area contributed by atoms with Crippen LogP contribution in [0, 0.1) is 11.3 Å². The van der Waals surface area contributed by atoms with Crippen LogP contribution in [0.1, 0.15) is 11.8 Å². The van der Waals surface area contributed by atoms with Gasteiger partial charge in [0.05, 0.1) is 18.2 Å². The summed E-state index contributed by atoms with van der Waals surface area (Å²) >= 11 is 0. The van der Waals surface area contributed by atoms with Gasteiger partial charge in [-0.2, -0.15) is 5.26 Å². The Hall–Kier alpha value is -2.24. The maximum atomic E-state index is 12.5. The molecule has 22 heavy (non-hydrogen) atoms. The molecule has 0 unspecified atom stereocenters. The number of hydrogen-bond acceptors (Lipinski definition) is 6. The van der Waals surface area contributed by atoms with Crippen LogP contribution in [0.3, 0.4) is 0 Å². The van der Waals surface area contributed by atoms with Crippen molar-refractivity contribution >= 4 is 10.8 Å². The lowest BCUT2D eigenvalue weighted by Crippen LogP contribution is -2.35. The topological polar surface area (TPSA) is 116 Å². The van der Waals surface area contributed by atoms with Crippen LogP contribution in [0.4, 0.5) is 0 Å². The Morgan fingerprint density at radius 2 is 2.05 bits per heavy atom. The van der Waals surface area contributed by atoms with Crippen LogP contribution in [-0.4, -0.2) is 44.8 Å². The Morgan fingerprint density at radius 1 is 1.27 bits per heavy atom. The fraction of sp³-hybridized carbons (Fsp3) is 0.333. The molecule has 1 aromatic heterocycles. The summed E-state index contributed by atoms with van der Waals surface area (Å²) in [7, 11) is 0. The number of benzene rings is 1. The van der Waals surface area contributed by atoms with E-state index in [9.17, 15) is 15.0 Å². The number of ether oxygens (including phenoxy) is 1. The molecule has 1 saturated heterocycles. The van der Waals surface area contributed by atoms with E-state index in [1.807, 2.05) is 6.07 Å². The van der Waals surface area contributed by atoms with Gasteiger partial charge in [0.2, 0.25) is 0 Å². The summed E-state index contributed by atoms with van der Waals surface area (Å²) in [6.07, 6.45) is -3.19. The largest absolute Gasteiger partial charge is 0.394 e. The maximum Gasteiger partial charge on any atom is 0.260 e. The number of fused-ring (bicyclic) bond motifs is 1.